The van der Waals surface area contributed by atoms with Crippen molar-refractivity contribution in [2.45, 2.75) is 106 Å². The minimum absolute atomic E-state index is 0.0382. The van der Waals surface area contributed by atoms with Gasteiger partial charge >= 0.3 is 0 Å². The Labute approximate surface area is 126 Å². The zero-order valence-electron chi connectivity index (χ0n) is 15.1. The van der Waals surface area contributed by atoms with Crippen molar-refractivity contribution >= 4 is 5.78 Å². The Morgan fingerprint density at radius 1 is 0.800 bits per heavy atom. The lowest BCUT2D eigenvalue weighted by Crippen LogP contribution is -2.10. The normalized spacial score (nSPS) is 9.10. The molecule has 0 atom stereocenters. The van der Waals surface area contributed by atoms with Gasteiger partial charge in [-0.15, -0.1) is 0 Å². The first-order chi connectivity index (χ1) is 9.34. The minimum Gasteiger partial charge on any atom is -0.300 e. The lowest BCUT2D eigenvalue weighted by molar-refractivity contribution is -0.118. The highest BCUT2D eigenvalue weighted by atomic mass is 19.3. The highest BCUT2D eigenvalue weighted by Crippen LogP contribution is 2.20. The largest absolute Gasteiger partial charge is 0.300 e. The van der Waals surface area contributed by atoms with Crippen molar-refractivity contribution in [1.82, 2.24) is 0 Å². The van der Waals surface area contributed by atoms with Gasteiger partial charge in [-0.25, -0.2) is 8.78 Å². The number of alkyl halides is 2. The van der Waals surface area contributed by atoms with E-state index in [1.165, 1.54) is 33.1 Å². The number of hydrogen-bond donors (Lipinski definition) is 0. The van der Waals surface area contributed by atoms with Gasteiger partial charge in [0.2, 0.25) is 5.92 Å². The molecule has 0 aliphatic carbocycles. The van der Waals surface area contributed by atoms with Crippen molar-refractivity contribution in [1.29, 1.82) is 0 Å². The van der Waals surface area contributed by atoms with E-state index in [9.17, 15) is 13.6 Å². The summed E-state index contributed by atoms with van der Waals surface area (Å²) in [7, 11) is 0. The minimum atomic E-state index is -2.42. The van der Waals surface area contributed by atoms with Crippen LogP contribution >= 0.6 is 0 Å². The van der Waals surface area contributed by atoms with E-state index < -0.39 is 5.92 Å². The fourth-order valence-electron chi connectivity index (χ4n) is 0.854. The molecule has 0 aromatic rings. The molecule has 0 saturated heterocycles. The third-order valence-electron chi connectivity index (χ3n) is 2.53. The molecule has 1 nitrogen and oxygen atoms in total. The zero-order valence-corrected chi connectivity index (χ0v) is 15.1. The molecule has 0 radical (unpaired) electrons. The fraction of sp³-hybridized carbons (Fsp3) is 0.941. The summed E-state index contributed by atoms with van der Waals surface area (Å²) in [6, 6.07) is 0. The smallest absolute Gasteiger partial charge is 0.247 e. The lowest BCUT2D eigenvalue weighted by Gasteiger charge is -2.08. The summed E-state index contributed by atoms with van der Waals surface area (Å²) in [6.45, 7) is 15.2. The average Bonchev–Trinajstić information content (AvgIpc) is 2.50. The van der Waals surface area contributed by atoms with Crippen LogP contribution in [-0.2, 0) is 4.79 Å². The standard InChI is InChI=1S/C5H10F2.C5H10O.C5H12.C2H6/c1-3-5(6,7)4-2;1-3-5(6)4-2;1-3-5-4-2;1-2/h3-4H2,1-2H3;3-4H2,1-2H3;3-5H2,1-2H3;1-2H3. The van der Waals surface area contributed by atoms with Gasteiger partial charge in [0.05, 0.1) is 0 Å². The van der Waals surface area contributed by atoms with Crippen molar-refractivity contribution in [2.75, 3.05) is 0 Å². The van der Waals surface area contributed by atoms with E-state index in [-0.39, 0.29) is 12.8 Å². The molecule has 0 aliphatic heterocycles. The molecular weight excluding hydrogens is 258 g/mol. The van der Waals surface area contributed by atoms with Gasteiger partial charge in [0, 0.05) is 25.7 Å². The Morgan fingerprint density at radius 2 is 1.10 bits per heavy atom. The first-order valence-corrected chi connectivity index (χ1v) is 8.24. The maximum absolute atomic E-state index is 11.9. The molecule has 0 bridgehead atoms. The summed E-state index contributed by atoms with van der Waals surface area (Å²) < 4.78 is 23.8. The molecule has 0 amide bonds. The molecule has 0 heterocycles. The number of carbonyl (C=O) groups excluding carboxylic acids is 1. The second-order valence-electron chi connectivity index (χ2n) is 4.16. The summed E-state index contributed by atoms with van der Waals surface area (Å²) in [5, 5.41) is 0. The van der Waals surface area contributed by atoms with Crippen LogP contribution in [0.1, 0.15) is 100 Å². The highest BCUT2D eigenvalue weighted by molar-refractivity contribution is 5.77. The number of rotatable bonds is 6. The van der Waals surface area contributed by atoms with E-state index in [2.05, 4.69) is 13.8 Å². The maximum Gasteiger partial charge on any atom is 0.247 e. The van der Waals surface area contributed by atoms with Crippen LogP contribution < -0.4 is 0 Å². The summed E-state index contributed by atoms with van der Waals surface area (Å²) >= 11 is 0. The molecule has 0 N–H and O–H groups in total. The van der Waals surface area contributed by atoms with Crippen molar-refractivity contribution in [2.24, 2.45) is 0 Å². The van der Waals surface area contributed by atoms with Gasteiger partial charge in [-0.2, -0.15) is 0 Å². The molecule has 20 heavy (non-hydrogen) atoms. The molecule has 0 rings (SSSR count). The molecule has 0 aromatic carbocycles. The Hall–Kier alpha value is -0.470. The van der Waals surface area contributed by atoms with Crippen LogP contribution in [0.25, 0.3) is 0 Å². The summed E-state index contributed by atoms with van der Waals surface area (Å²) in [5.41, 5.74) is 0. The van der Waals surface area contributed by atoms with Crippen LogP contribution in [0.5, 0.6) is 0 Å². The van der Waals surface area contributed by atoms with Crippen molar-refractivity contribution < 1.29 is 13.6 Å². The predicted molar refractivity (Wildman–Crippen MR) is 87.7 cm³/mol. The Morgan fingerprint density at radius 3 is 1.10 bits per heavy atom. The van der Waals surface area contributed by atoms with Crippen LogP contribution in [0.15, 0.2) is 0 Å². The molecule has 3 heteroatoms. The van der Waals surface area contributed by atoms with E-state index in [1.54, 1.807) is 0 Å². The number of halogens is 2. The number of unbranched alkanes of at least 4 members (excludes halogenated alkanes) is 2. The Kier molecular flexibility index (Phi) is 32.8. The molecule has 0 fully saturated rings. The summed E-state index contributed by atoms with van der Waals surface area (Å²) in [4.78, 5) is 10.2. The quantitative estimate of drug-likeness (QED) is 0.513. The van der Waals surface area contributed by atoms with Gasteiger partial charge in [-0.1, -0.05) is 74.7 Å². The van der Waals surface area contributed by atoms with Gasteiger partial charge < -0.3 is 0 Å². The highest BCUT2D eigenvalue weighted by Gasteiger charge is 2.21. The number of ketones is 1. The first-order valence-electron chi connectivity index (χ1n) is 8.24. The number of Topliss-reactive ketones (excluding diaryl/α,β-unsaturated/α-hetero) is 1. The van der Waals surface area contributed by atoms with Crippen LogP contribution in [-0.4, -0.2) is 11.7 Å². The van der Waals surface area contributed by atoms with E-state index in [4.69, 9.17) is 0 Å². The van der Waals surface area contributed by atoms with Crippen molar-refractivity contribution in [3.63, 3.8) is 0 Å². The second-order valence-corrected chi connectivity index (χ2v) is 4.16. The molecule has 126 valence electrons. The average molecular weight is 296 g/mol. The lowest BCUT2D eigenvalue weighted by atomic mass is 10.2. The Balaban J connectivity index is -0.0000000913. The van der Waals surface area contributed by atoms with Gasteiger partial charge in [0.1, 0.15) is 5.78 Å². The number of hydrogen-bond acceptors (Lipinski definition) is 1. The molecule has 0 aromatic heterocycles. The maximum atomic E-state index is 11.9. The fourth-order valence-corrected chi connectivity index (χ4v) is 0.854. The molecule has 0 spiro atoms. The van der Waals surface area contributed by atoms with Crippen LogP contribution in [0, 0.1) is 0 Å². The molecule has 0 aliphatic rings. The zero-order chi connectivity index (χ0) is 17.0. The van der Waals surface area contributed by atoms with Crippen LogP contribution in [0.3, 0.4) is 0 Å². The van der Waals surface area contributed by atoms with Gasteiger partial charge in [0.15, 0.2) is 0 Å². The van der Waals surface area contributed by atoms with Gasteiger partial charge in [0.25, 0.3) is 0 Å². The second kappa shape index (κ2) is 23.6. The number of carbonyl (C=O) groups is 1. The third kappa shape index (κ3) is 36.0. The van der Waals surface area contributed by atoms with E-state index >= 15 is 0 Å². The van der Waals surface area contributed by atoms with Crippen molar-refractivity contribution in [3.8, 4) is 0 Å². The first kappa shape index (κ1) is 27.8. The van der Waals surface area contributed by atoms with Crippen molar-refractivity contribution in [3.05, 3.63) is 0 Å². The molecular formula is C17H38F2O. The van der Waals surface area contributed by atoms with E-state index in [0.717, 1.165) is 0 Å². The SMILES string of the molecule is CC.CCC(=O)CC.CCC(F)(F)CC.CCCCC. The van der Waals surface area contributed by atoms with Crippen LogP contribution in [0.2, 0.25) is 0 Å². The van der Waals surface area contributed by atoms with E-state index in [0.29, 0.717) is 18.6 Å². The summed E-state index contributed by atoms with van der Waals surface area (Å²) in [5.74, 6) is -2.07. The molecule has 0 unspecified atom stereocenters. The molecule has 0 saturated carbocycles. The van der Waals surface area contributed by atoms with E-state index in [1.807, 2.05) is 27.7 Å². The topological polar surface area (TPSA) is 17.1 Å². The summed E-state index contributed by atoms with van der Waals surface area (Å²) in [6.07, 6.45) is 5.38. The van der Waals surface area contributed by atoms with Crippen LogP contribution in [0.4, 0.5) is 8.78 Å². The monoisotopic (exact) mass is 296 g/mol. The Bertz CT molecular complexity index is 154. The third-order valence-corrected chi connectivity index (χ3v) is 2.53. The van der Waals surface area contributed by atoms with Gasteiger partial charge in [-0.3, -0.25) is 4.79 Å². The predicted octanol–water partition coefficient (Wildman–Crippen LogP) is 7.04. The van der Waals surface area contributed by atoms with Gasteiger partial charge in [-0.05, 0) is 0 Å².